The van der Waals surface area contributed by atoms with Crippen LogP contribution in [0, 0.1) is 5.92 Å². The molecule has 4 atom stereocenters. The molecule has 4 unspecified atom stereocenters. The molecule has 5 heteroatoms. The van der Waals surface area contributed by atoms with E-state index in [4.69, 9.17) is 4.74 Å². The normalized spacial score (nSPS) is 26.8. The Morgan fingerprint density at radius 1 is 1.24 bits per heavy atom. The van der Waals surface area contributed by atoms with Crippen molar-refractivity contribution >= 4 is 23.6 Å². The minimum atomic E-state index is -0.398. The second-order valence-electron chi connectivity index (χ2n) is 7.07. The van der Waals surface area contributed by atoms with Gasteiger partial charge in [-0.15, -0.1) is 11.8 Å². The van der Waals surface area contributed by atoms with Gasteiger partial charge in [-0.1, -0.05) is 43.2 Å². The maximum absolute atomic E-state index is 13.1. The third-order valence-corrected chi connectivity index (χ3v) is 6.71. The molecule has 1 aromatic rings. The van der Waals surface area contributed by atoms with Crippen molar-refractivity contribution in [3.63, 3.8) is 0 Å². The zero-order valence-electron chi connectivity index (χ0n) is 15.0. The molecule has 1 aliphatic carbocycles. The van der Waals surface area contributed by atoms with Gasteiger partial charge in [0.2, 0.25) is 5.91 Å². The molecule has 1 heterocycles. The zero-order valence-corrected chi connectivity index (χ0v) is 15.8. The lowest BCUT2D eigenvalue weighted by atomic mass is 9.84. The van der Waals surface area contributed by atoms with E-state index in [1.165, 1.54) is 19.1 Å². The Morgan fingerprint density at radius 3 is 2.68 bits per heavy atom. The predicted octanol–water partition coefficient (Wildman–Crippen LogP) is 3.64. The molecule has 2 fully saturated rings. The number of likely N-dealkylation sites (tertiary alicyclic amines) is 1. The molecule has 2 aliphatic rings. The first-order valence-electron chi connectivity index (χ1n) is 9.17. The van der Waals surface area contributed by atoms with Gasteiger partial charge in [0.1, 0.15) is 6.04 Å². The van der Waals surface area contributed by atoms with Crippen LogP contribution in [0.2, 0.25) is 0 Å². The van der Waals surface area contributed by atoms with Gasteiger partial charge >= 0.3 is 5.97 Å². The number of fused-ring (bicyclic) bond motifs is 1. The van der Waals surface area contributed by atoms with Crippen LogP contribution in [0.3, 0.4) is 0 Å². The van der Waals surface area contributed by atoms with Gasteiger partial charge in [0, 0.05) is 11.8 Å². The third-order valence-electron chi connectivity index (χ3n) is 5.51. The summed E-state index contributed by atoms with van der Waals surface area (Å²) < 4.78 is 4.99. The summed E-state index contributed by atoms with van der Waals surface area (Å²) in [6.07, 6.45) is 5.24. The Bertz CT molecular complexity index is 606. The van der Waals surface area contributed by atoms with Crippen molar-refractivity contribution < 1.29 is 14.3 Å². The second kappa shape index (κ2) is 8.26. The number of nitrogens with zero attached hydrogens (tertiary/aromatic N) is 1. The van der Waals surface area contributed by atoms with Gasteiger partial charge in [-0.05, 0) is 37.7 Å². The highest BCUT2D eigenvalue weighted by atomic mass is 32.2. The van der Waals surface area contributed by atoms with Crippen molar-refractivity contribution in [3.8, 4) is 0 Å². The van der Waals surface area contributed by atoms with Crippen LogP contribution in [0.15, 0.2) is 30.3 Å². The molecule has 0 bridgehead atoms. The number of thioether (sulfide) groups is 1. The van der Waals surface area contributed by atoms with E-state index in [0.29, 0.717) is 5.92 Å². The molecule has 0 N–H and O–H groups in total. The van der Waals surface area contributed by atoms with Gasteiger partial charge in [0.25, 0.3) is 0 Å². The summed E-state index contributed by atoms with van der Waals surface area (Å²) in [6, 6.07) is 10.0. The smallest absolute Gasteiger partial charge is 0.328 e. The molecule has 136 valence electrons. The van der Waals surface area contributed by atoms with Crippen molar-refractivity contribution in [2.24, 2.45) is 5.92 Å². The van der Waals surface area contributed by atoms with Crippen molar-refractivity contribution in [3.05, 3.63) is 35.9 Å². The number of amides is 1. The summed E-state index contributed by atoms with van der Waals surface area (Å²) in [5, 5.41) is -0.159. The average molecular weight is 362 g/mol. The minimum Gasteiger partial charge on any atom is -0.467 e. The van der Waals surface area contributed by atoms with Gasteiger partial charge in [-0.3, -0.25) is 4.79 Å². The maximum Gasteiger partial charge on any atom is 0.328 e. The highest BCUT2D eigenvalue weighted by Gasteiger charge is 2.48. The number of methoxy groups -OCH3 is 1. The summed E-state index contributed by atoms with van der Waals surface area (Å²) in [5.74, 6) is 1.08. The van der Waals surface area contributed by atoms with E-state index in [-0.39, 0.29) is 23.2 Å². The largest absolute Gasteiger partial charge is 0.467 e. The van der Waals surface area contributed by atoms with Gasteiger partial charge < -0.3 is 9.64 Å². The van der Waals surface area contributed by atoms with Crippen LogP contribution >= 0.6 is 11.8 Å². The number of benzene rings is 1. The van der Waals surface area contributed by atoms with Gasteiger partial charge in [0.15, 0.2) is 0 Å². The van der Waals surface area contributed by atoms with Gasteiger partial charge in [-0.2, -0.15) is 0 Å². The molecule has 1 saturated carbocycles. The molecule has 4 nitrogen and oxygen atoms in total. The molecular formula is C20H27NO3S. The van der Waals surface area contributed by atoms with Crippen LogP contribution in [0.4, 0.5) is 0 Å². The Balaban J connectivity index is 1.69. The lowest BCUT2D eigenvalue weighted by Gasteiger charge is -2.34. The van der Waals surface area contributed by atoms with E-state index in [0.717, 1.165) is 31.4 Å². The van der Waals surface area contributed by atoms with Crippen LogP contribution in [0.1, 0.15) is 44.6 Å². The average Bonchev–Trinajstić information content (AvgIpc) is 3.05. The Kier molecular flexibility index (Phi) is 6.05. The van der Waals surface area contributed by atoms with E-state index in [2.05, 4.69) is 12.1 Å². The number of rotatable bonds is 5. The topological polar surface area (TPSA) is 46.6 Å². The van der Waals surface area contributed by atoms with Crippen LogP contribution in [0.25, 0.3) is 0 Å². The van der Waals surface area contributed by atoms with Gasteiger partial charge in [0.05, 0.1) is 12.4 Å². The summed E-state index contributed by atoms with van der Waals surface area (Å²) in [7, 11) is 1.42. The highest BCUT2D eigenvalue weighted by molar-refractivity contribution is 7.99. The van der Waals surface area contributed by atoms with Gasteiger partial charge in [-0.25, -0.2) is 4.79 Å². The summed E-state index contributed by atoms with van der Waals surface area (Å²) in [5.41, 5.74) is 1.22. The second-order valence-corrected chi connectivity index (χ2v) is 8.40. The number of ether oxygens (including phenoxy) is 1. The molecule has 0 radical (unpaired) electrons. The lowest BCUT2D eigenvalue weighted by molar-refractivity contribution is -0.152. The van der Waals surface area contributed by atoms with E-state index in [1.54, 1.807) is 11.8 Å². The SMILES string of the molecule is COC(=O)C1CC2CCCCC2N1C(=O)C(C)SCc1ccccc1. The van der Waals surface area contributed by atoms with E-state index >= 15 is 0 Å². The molecule has 3 rings (SSSR count). The fourth-order valence-electron chi connectivity index (χ4n) is 4.20. The number of esters is 1. The molecule has 1 aliphatic heterocycles. The molecule has 1 saturated heterocycles. The molecule has 25 heavy (non-hydrogen) atoms. The summed E-state index contributed by atoms with van der Waals surface area (Å²) >= 11 is 1.64. The van der Waals surface area contributed by atoms with E-state index < -0.39 is 6.04 Å². The highest BCUT2D eigenvalue weighted by Crippen LogP contribution is 2.41. The van der Waals surface area contributed by atoms with Crippen molar-refractivity contribution in [1.29, 1.82) is 0 Å². The quantitative estimate of drug-likeness (QED) is 0.751. The Morgan fingerprint density at radius 2 is 1.96 bits per heavy atom. The van der Waals surface area contributed by atoms with Crippen molar-refractivity contribution in [2.75, 3.05) is 7.11 Å². The van der Waals surface area contributed by atoms with Crippen molar-refractivity contribution in [1.82, 2.24) is 4.90 Å². The Labute approximate surface area is 154 Å². The van der Waals surface area contributed by atoms with Crippen LogP contribution in [-0.4, -0.2) is 41.2 Å². The first-order chi connectivity index (χ1) is 12.1. The summed E-state index contributed by atoms with van der Waals surface area (Å²) in [4.78, 5) is 27.3. The standard InChI is InChI=1S/C20H27NO3S/c1-14(25-13-15-8-4-3-5-9-15)19(22)21-17-11-7-6-10-16(17)12-18(21)20(23)24-2/h3-5,8-9,14,16-18H,6-7,10-13H2,1-2H3. The van der Waals surface area contributed by atoms with Crippen LogP contribution in [0.5, 0.6) is 0 Å². The zero-order chi connectivity index (χ0) is 17.8. The molecular weight excluding hydrogens is 334 g/mol. The monoisotopic (exact) mass is 361 g/mol. The van der Waals surface area contributed by atoms with Crippen LogP contribution < -0.4 is 0 Å². The lowest BCUT2D eigenvalue weighted by Crippen LogP contribution is -2.49. The number of hydrogen-bond donors (Lipinski definition) is 0. The fourth-order valence-corrected chi connectivity index (χ4v) is 5.10. The Hall–Kier alpha value is -1.49. The molecule has 0 aromatic heterocycles. The first kappa shape index (κ1) is 18.3. The molecule has 1 aromatic carbocycles. The first-order valence-corrected chi connectivity index (χ1v) is 10.2. The van der Waals surface area contributed by atoms with E-state index in [1.807, 2.05) is 30.0 Å². The number of carbonyl (C=O) groups excluding carboxylic acids is 2. The number of hydrogen-bond acceptors (Lipinski definition) is 4. The minimum absolute atomic E-state index is 0.0886. The number of carbonyl (C=O) groups is 2. The van der Waals surface area contributed by atoms with Crippen molar-refractivity contribution in [2.45, 2.75) is 62.1 Å². The predicted molar refractivity (Wildman–Crippen MR) is 100 cm³/mol. The fraction of sp³-hybridized carbons (Fsp3) is 0.600. The maximum atomic E-state index is 13.1. The summed E-state index contributed by atoms with van der Waals surface area (Å²) in [6.45, 7) is 1.96. The van der Waals surface area contributed by atoms with Crippen LogP contribution in [-0.2, 0) is 20.1 Å². The molecule has 0 spiro atoms. The third kappa shape index (κ3) is 4.02. The molecule has 1 amide bonds. The van der Waals surface area contributed by atoms with E-state index in [9.17, 15) is 9.59 Å².